The molecule has 0 N–H and O–H groups in total. The van der Waals surface area contributed by atoms with Crippen LogP contribution in [-0.2, 0) is 4.74 Å². The number of hydrogen-bond donors (Lipinski definition) is 1. The summed E-state index contributed by atoms with van der Waals surface area (Å²) < 4.78 is 5.57. The number of unbranched alkanes of at least 4 members (excludes halogenated alkanes) is 3. The van der Waals surface area contributed by atoms with Gasteiger partial charge in [0.05, 0.1) is 6.10 Å². The van der Waals surface area contributed by atoms with E-state index < -0.39 is 0 Å². The van der Waals surface area contributed by atoms with Crippen molar-refractivity contribution < 1.29 is 4.74 Å². The summed E-state index contributed by atoms with van der Waals surface area (Å²) in [6.07, 6.45) is 8.49. The minimum absolute atomic E-state index is 0.567. The fourth-order valence-corrected chi connectivity index (χ4v) is 2.98. The first kappa shape index (κ1) is 12.7. The van der Waals surface area contributed by atoms with E-state index in [9.17, 15) is 0 Å². The van der Waals surface area contributed by atoms with Crippen molar-refractivity contribution in [3.05, 3.63) is 0 Å². The predicted octanol–water partition coefficient (Wildman–Crippen LogP) is 3.39. The monoisotopic (exact) mass is 234 g/mol. The van der Waals surface area contributed by atoms with E-state index >= 15 is 0 Å². The van der Waals surface area contributed by atoms with Gasteiger partial charge in [0.1, 0.15) is 0 Å². The Kier molecular flexibility index (Phi) is 8.12. The lowest BCUT2D eigenvalue weighted by Crippen LogP contribution is -2.08. The van der Waals surface area contributed by atoms with Gasteiger partial charge >= 0.3 is 0 Å². The number of rotatable bonds is 8. The van der Waals surface area contributed by atoms with Crippen LogP contribution >= 0.6 is 24.4 Å². The first-order valence-electron chi connectivity index (χ1n) is 5.73. The minimum Gasteiger partial charge on any atom is -0.377 e. The minimum atomic E-state index is 0.567. The maximum Gasteiger partial charge on any atom is 0.0666 e. The van der Waals surface area contributed by atoms with Gasteiger partial charge in [-0.2, -0.15) is 24.4 Å². The highest BCUT2D eigenvalue weighted by Crippen LogP contribution is 2.18. The third-order valence-corrected chi connectivity index (χ3v) is 4.03. The topological polar surface area (TPSA) is 9.23 Å². The predicted molar refractivity (Wildman–Crippen MR) is 68.6 cm³/mol. The van der Waals surface area contributed by atoms with Gasteiger partial charge in [0.15, 0.2) is 0 Å². The van der Waals surface area contributed by atoms with Gasteiger partial charge in [0, 0.05) is 12.4 Å². The summed E-state index contributed by atoms with van der Waals surface area (Å²) in [5.74, 6) is 3.57. The molecule has 0 saturated carbocycles. The molecule has 1 aliphatic rings. The van der Waals surface area contributed by atoms with Crippen LogP contribution in [0, 0.1) is 0 Å². The van der Waals surface area contributed by atoms with Crippen molar-refractivity contribution in [3.8, 4) is 0 Å². The fraction of sp³-hybridized carbons (Fsp3) is 1.00. The Hall–Kier alpha value is 0.660. The van der Waals surface area contributed by atoms with Crippen LogP contribution in [0.4, 0.5) is 0 Å². The second kappa shape index (κ2) is 8.93. The third-order valence-electron chi connectivity index (χ3n) is 2.52. The van der Waals surface area contributed by atoms with E-state index in [-0.39, 0.29) is 0 Å². The first-order valence-corrected chi connectivity index (χ1v) is 7.52. The summed E-state index contributed by atoms with van der Waals surface area (Å²) in [7, 11) is 0. The molecule has 0 radical (unpaired) electrons. The summed E-state index contributed by atoms with van der Waals surface area (Å²) in [5.41, 5.74) is 0. The molecule has 0 aromatic heterocycles. The van der Waals surface area contributed by atoms with Crippen LogP contribution in [-0.4, -0.2) is 30.0 Å². The second-order valence-electron chi connectivity index (χ2n) is 3.85. The van der Waals surface area contributed by atoms with Crippen LogP contribution in [0.15, 0.2) is 0 Å². The molecule has 1 atom stereocenters. The number of thiol groups is 1. The SMILES string of the molecule is SCCCCCCSCC1CCCO1. The highest BCUT2D eigenvalue weighted by atomic mass is 32.2. The van der Waals surface area contributed by atoms with Gasteiger partial charge in [0.2, 0.25) is 0 Å². The van der Waals surface area contributed by atoms with E-state index in [4.69, 9.17) is 4.74 Å². The highest BCUT2D eigenvalue weighted by molar-refractivity contribution is 7.99. The van der Waals surface area contributed by atoms with Crippen molar-refractivity contribution in [2.45, 2.75) is 44.6 Å². The number of ether oxygens (including phenoxy) is 1. The average Bonchev–Trinajstić information content (AvgIpc) is 2.69. The molecule has 1 nitrogen and oxygen atoms in total. The lowest BCUT2D eigenvalue weighted by molar-refractivity contribution is 0.129. The molecular weight excluding hydrogens is 212 g/mol. The normalized spacial score (nSPS) is 21.6. The van der Waals surface area contributed by atoms with Gasteiger partial charge in [0.25, 0.3) is 0 Å². The molecule has 1 saturated heterocycles. The summed E-state index contributed by atoms with van der Waals surface area (Å²) >= 11 is 6.27. The Morgan fingerprint density at radius 2 is 2.07 bits per heavy atom. The average molecular weight is 234 g/mol. The summed E-state index contributed by atoms with van der Waals surface area (Å²) in [6, 6.07) is 0. The largest absolute Gasteiger partial charge is 0.377 e. The second-order valence-corrected chi connectivity index (χ2v) is 5.44. The summed E-state index contributed by atoms with van der Waals surface area (Å²) in [6.45, 7) is 0.993. The van der Waals surface area contributed by atoms with E-state index in [1.165, 1.54) is 50.0 Å². The van der Waals surface area contributed by atoms with E-state index in [1.807, 2.05) is 0 Å². The number of thioether (sulfide) groups is 1. The van der Waals surface area contributed by atoms with Gasteiger partial charge in [-0.1, -0.05) is 12.8 Å². The zero-order chi connectivity index (χ0) is 10.1. The molecule has 1 aliphatic heterocycles. The fourth-order valence-electron chi connectivity index (χ4n) is 1.66. The molecule has 1 rings (SSSR count). The molecule has 0 aromatic carbocycles. The van der Waals surface area contributed by atoms with Gasteiger partial charge in [-0.05, 0) is 37.2 Å². The molecule has 0 aliphatic carbocycles. The van der Waals surface area contributed by atoms with Crippen LogP contribution < -0.4 is 0 Å². The molecule has 1 fully saturated rings. The maximum atomic E-state index is 5.57. The Labute approximate surface area is 97.8 Å². The molecule has 0 spiro atoms. The van der Waals surface area contributed by atoms with Crippen LogP contribution in [0.3, 0.4) is 0 Å². The van der Waals surface area contributed by atoms with Crippen molar-refractivity contribution in [1.82, 2.24) is 0 Å². The van der Waals surface area contributed by atoms with E-state index in [2.05, 4.69) is 24.4 Å². The first-order chi connectivity index (χ1) is 6.93. The van der Waals surface area contributed by atoms with Crippen LogP contribution in [0.5, 0.6) is 0 Å². The Morgan fingerprint density at radius 1 is 1.21 bits per heavy atom. The van der Waals surface area contributed by atoms with Crippen LogP contribution in [0.2, 0.25) is 0 Å². The lowest BCUT2D eigenvalue weighted by Gasteiger charge is -2.08. The molecule has 84 valence electrons. The molecule has 1 heterocycles. The van der Waals surface area contributed by atoms with Crippen molar-refractivity contribution in [2.75, 3.05) is 23.9 Å². The Balaban J connectivity index is 1.75. The molecule has 1 unspecified atom stereocenters. The van der Waals surface area contributed by atoms with Gasteiger partial charge in [-0.25, -0.2) is 0 Å². The van der Waals surface area contributed by atoms with E-state index in [0.717, 1.165) is 12.4 Å². The zero-order valence-corrected chi connectivity index (χ0v) is 10.6. The third kappa shape index (κ3) is 6.20. The Morgan fingerprint density at radius 3 is 2.79 bits per heavy atom. The molecule has 0 bridgehead atoms. The van der Waals surface area contributed by atoms with Crippen molar-refractivity contribution >= 4 is 24.4 Å². The lowest BCUT2D eigenvalue weighted by atomic mass is 10.2. The quantitative estimate of drug-likeness (QED) is 0.509. The van der Waals surface area contributed by atoms with Crippen molar-refractivity contribution in [3.63, 3.8) is 0 Å². The van der Waals surface area contributed by atoms with E-state index in [1.54, 1.807) is 0 Å². The van der Waals surface area contributed by atoms with Gasteiger partial charge < -0.3 is 4.74 Å². The van der Waals surface area contributed by atoms with Crippen LogP contribution in [0.1, 0.15) is 38.5 Å². The van der Waals surface area contributed by atoms with Gasteiger partial charge in [-0.3, -0.25) is 0 Å². The summed E-state index contributed by atoms with van der Waals surface area (Å²) in [4.78, 5) is 0. The molecule has 14 heavy (non-hydrogen) atoms. The van der Waals surface area contributed by atoms with E-state index in [0.29, 0.717) is 6.10 Å². The van der Waals surface area contributed by atoms with Crippen LogP contribution in [0.25, 0.3) is 0 Å². The molecule has 0 aromatic rings. The maximum absolute atomic E-state index is 5.57. The van der Waals surface area contributed by atoms with Crippen molar-refractivity contribution in [1.29, 1.82) is 0 Å². The molecular formula is C11H22OS2. The Bertz CT molecular complexity index is 124. The van der Waals surface area contributed by atoms with Crippen molar-refractivity contribution in [2.24, 2.45) is 0 Å². The smallest absolute Gasteiger partial charge is 0.0666 e. The number of hydrogen-bond acceptors (Lipinski definition) is 3. The standard InChI is InChI=1S/C11H22OS2/c13-8-3-1-2-4-9-14-10-11-6-5-7-12-11/h11,13H,1-10H2. The molecule has 3 heteroatoms. The highest BCUT2D eigenvalue weighted by Gasteiger charge is 2.14. The van der Waals surface area contributed by atoms with Gasteiger partial charge in [-0.15, -0.1) is 0 Å². The summed E-state index contributed by atoms with van der Waals surface area (Å²) in [5, 5.41) is 0. The zero-order valence-electron chi connectivity index (χ0n) is 8.91. The molecule has 0 amide bonds.